The number of rotatable bonds is 7. The van der Waals surface area contributed by atoms with Crippen molar-refractivity contribution in [1.29, 1.82) is 0 Å². The number of hydrogen-bond donors (Lipinski definition) is 0. The van der Waals surface area contributed by atoms with E-state index in [1.54, 1.807) is 19.1 Å². The molecule has 4 rings (SSSR count). The molecule has 2 aliphatic carbocycles. The molecule has 3 aliphatic rings. The van der Waals surface area contributed by atoms with E-state index in [2.05, 4.69) is 0 Å². The molecule has 0 N–H and O–H groups in total. The summed E-state index contributed by atoms with van der Waals surface area (Å²) in [6.45, 7) is 1.66. The van der Waals surface area contributed by atoms with E-state index in [9.17, 15) is 17.6 Å². The molecule has 0 spiro atoms. The third-order valence-electron chi connectivity index (χ3n) is 8.58. The average Bonchev–Trinajstić information content (AvgIpc) is 2.88. The van der Waals surface area contributed by atoms with Crippen LogP contribution in [0.1, 0.15) is 82.6 Å². The molecule has 34 heavy (non-hydrogen) atoms. The summed E-state index contributed by atoms with van der Waals surface area (Å²) in [5.41, 5.74) is 0.500. The summed E-state index contributed by atoms with van der Waals surface area (Å²) in [6, 6.07) is 3.27. The molecule has 2 saturated carbocycles. The SMILES string of the molecule is CCOc1ccc(C2CCC(C3CCC(C4CCC(/C=C(\F)CF)OC4)CC3)CC2)c(F)c1F. The van der Waals surface area contributed by atoms with Crippen LogP contribution in [0.3, 0.4) is 0 Å². The fourth-order valence-corrected chi connectivity index (χ4v) is 6.66. The Morgan fingerprint density at radius 1 is 0.882 bits per heavy atom. The van der Waals surface area contributed by atoms with Gasteiger partial charge in [0.25, 0.3) is 0 Å². The van der Waals surface area contributed by atoms with Crippen molar-refractivity contribution in [2.45, 2.75) is 83.2 Å². The fraction of sp³-hybridized carbons (Fsp3) is 0.714. The van der Waals surface area contributed by atoms with Crippen LogP contribution < -0.4 is 4.74 Å². The van der Waals surface area contributed by atoms with Gasteiger partial charge in [-0.3, -0.25) is 0 Å². The number of alkyl halides is 1. The van der Waals surface area contributed by atoms with E-state index in [0.717, 1.165) is 44.4 Å². The van der Waals surface area contributed by atoms with E-state index < -0.39 is 24.1 Å². The normalized spacial score (nSPS) is 33.0. The molecule has 0 radical (unpaired) electrons. The molecule has 1 heterocycles. The minimum atomic E-state index is -1.05. The van der Waals surface area contributed by atoms with Crippen molar-refractivity contribution in [2.75, 3.05) is 19.9 Å². The molecule has 1 aromatic rings. The highest BCUT2D eigenvalue weighted by Gasteiger charge is 2.35. The molecule has 0 bridgehead atoms. The molecule has 190 valence electrons. The molecular formula is C28H38F4O2. The summed E-state index contributed by atoms with van der Waals surface area (Å²) in [6.07, 6.45) is 11.6. The number of allylic oxidation sites excluding steroid dienone is 1. The fourth-order valence-electron chi connectivity index (χ4n) is 6.66. The van der Waals surface area contributed by atoms with Crippen molar-refractivity contribution in [1.82, 2.24) is 0 Å². The summed E-state index contributed by atoms with van der Waals surface area (Å²) in [5, 5.41) is 0. The van der Waals surface area contributed by atoms with E-state index in [-0.39, 0.29) is 17.8 Å². The van der Waals surface area contributed by atoms with Gasteiger partial charge < -0.3 is 9.47 Å². The Morgan fingerprint density at radius 3 is 2.03 bits per heavy atom. The molecule has 0 amide bonds. The summed E-state index contributed by atoms with van der Waals surface area (Å²) < 4.78 is 65.4. The van der Waals surface area contributed by atoms with Crippen molar-refractivity contribution in [3.63, 3.8) is 0 Å². The second kappa shape index (κ2) is 11.9. The summed E-state index contributed by atoms with van der Waals surface area (Å²) in [5.74, 6) is 0.325. The van der Waals surface area contributed by atoms with Crippen LogP contribution in [0.15, 0.2) is 24.0 Å². The maximum atomic E-state index is 14.6. The van der Waals surface area contributed by atoms with E-state index in [1.807, 2.05) is 0 Å². The first kappa shape index (κ1) is 25.5. The quantitative estimate of drug-likeness (QED) is 0.366. The van der Waals surface area contributed by atoms with Crippen molar-refractivity contribution < 1.29 is 27.0 Å². The van der Waals surface area contributed by atoms with Crippen LogP contribution >= 0.6 is 0 Å². The van der Waals surface area contributed by atoms with Crippen molar-refractivity contribution in [2.24, 2.45) is 23.7 Å². The number of halogens is 4. The lowest BCUT2D eigenvalue weighted by Crippen LogP contribution is -2.33. The first-order chi connectivity index (χ1) is 16.5. The van der Waals surface area contributed by atoms with E-state index >= 15 is 0 Å². The molecule has 3 fully saturated rings. The van der Waals surface area contributed by atoms with Crippen LogP contribution in [0.4, 0.5) is 17.6 Å². The molecule has 1 aromatic carbocycles. The van der Waals surface area contributed by atoms with Crippen LogP contribution in [-0.4, -0.2) is 26.0 Å². The van der Waals surface area contributed by atoms with Gasteiger partial charge in [-0.15, -0.1) is 0 Å². The Bertz CT molecular complexity index is 818. The minimum Gasteiger partial charge on any atom is -0.491 e. The zero-order valence-electron chi connectivity index (χ0n) is 20.2. The predicted molar refractivity (Wildman–Crippen MR) is 125 cm³/mol. The second-order valence-electron chi connectivity index (χ2n) is 10.5. The van der Waals surface area contributed by atoms with Gasteiger partial charge in [0.2, 0.25) is 5.82 Å². The summed E-state index contributed by atoms with van der Waals surface area (Å²) in [4.78, 5) is 0. The highest BCUT2D eigenvalue weighted by Crippen LogP contribution is 2.46. The van der Waals surface area contributed by atoms with Crippen LogP contribution in [0, 0.1) is 35.3 Å². The van der Waals surface area contributed by atoms with Crippen LogP contribution in [0.2, 0.25) is 0 Å². The molecule has 0 aromatic heterocycles. The lowest BCUT2D eigenvalue weighted by Gasteiger charge is -2.41. The largest absolute Gasteiger partial charge is 0.491 e. The van der Waals surface area contributed by atoms with Gasteiger partial charge in [-0.2, -0.15) is 4.39 Å². The Kier molecular flexibility index (Phi) is 8.95. The summed E-state index contributed by atoms with van der Waals surface area (Å²) >= 11 is 0. The zero-order valence-corrected chi connectivity index (χ0v) is 20.2. The van der Waals surface area contributed by atoms with Gasteiger partial charge in [0.1, 0.15) is 12.5 Å². The number of ether oxygens (including phenoxy) is 2. The molecular weight excluding hydrogens is 444 g/mol. The maximum Gasteiger partial charge on any atom is 0.200 e. The van der Waals surface area contributed by atoms with Gasteiger partial charge in [-0.05, 0) is 118 Å². The van der Waals surface area contributed by atoms with E-state index in [4.69, 9.17) is 9.47 Å². The van der Waals surface area contributed by atoms with Gasteiger partial charge >= 0.3 is 0 Å². The first-order valence-corrected chi connectivity index (χ1v) is 13.1. The molecule has 1 aliphatic heterocycles. The second-order valence-corrected chi connectivity index (χ2v) is 10.5. The monoisotopic (exact) mass is 482 g/mol. The molecule has 6 heteroatoms. The van der Waals surface area contributed by atoms with E-state index in [0.29, 0.717) is 36.5 Å². The average molecular weight is 483 g/mol. The highest BCUT2D eigenvalue weighted by molar-refractivity contribution is 5.33. The Hall–Kier alpha value is -1.56. The standard InChI is InChI=1S/C28H38F4O2/c1-2-33-26-14-13-25(27(31)28(26)32)21-9-7-19(8-10-21)18-3-5-20(6-4-18)22-11-12-24(34-17-22)15-23(30)16-29/h13-15,18-22,24H,2-12,16-17H2,1H3/b23-15-. The van der Waals surface area contributed by atoms with Crippen LogP contribution in [-0.2, 0) is 4.74 Å². The van der Waals surface area contributed by atoms with Gasteiger partial charge in [0, 0.05) is 0 Å². The maximum absolute atomic E-state index is 14.6. The Balaban J connectivity index is 1.22. The molecule has 1 saturated heterocycles. The Labute approximate surface area is 201 Å². The van der Waals surface area contributed by atoms with Gasteiger partial charge in [-0.25, -0.2) is 13.2 Å². The Morgan fingerprint density at radius 2 is 1.47 bits per heavy atom. The number of benzene rings is 1. The van der Waals surface area contributed by atoms with E-state index in [1.165, 1.54) is 31.8 Å². The van der Waals surface area contributed by atoms with Gasteiger partial charge in [0.05, 0.1) is 19.3 Å². The summed E-state index contributed by atoms with van der Waals surface area (Å²) in [7, 11) is 0. The van der Waals surface area contributed by atoms with Crippen LogP contribution in [0.25, 0.3) is 0 Å². The predicted octanol–water partition coefficient (Wildman–Crippen LogP) is 8.06. The van der Waals surface area contributed by atoms with Crippen LogP contribution in [0.5, 0.6) is 5.75 Å². The lowest BCUT2D eigenvalue weighted by molar-refractivity contribution is -0.0199. The smallest absolute Gasteiger partial charge is 0.200 e. The topological polar surface area (TPSA) is 18.5 Å². The first-order valence-electron chi connectivity index (χ1n) is 13.1. The third-order valence-corrected chi connectivity index (χ3v) is 8.58. The van der Waals surface area contributed by atoms with Gasteiger partial charge in [0.15, 0.2) is 11.6 Å². The zero-order chi connectivity index (χ0) is 24.1. The third kappa shape index (κ3) is 5.98. The number of hydrogen-bond acceptors (Lipinski definition) is 2. The highest BCUT2D eigenvalue weighted by atomic mass is 19.2. The van der Waals surface area contributed by atoms with Crippen molar-refractivity contribution in [3.8, 4) is 5.75 Å². The van der Waals surface area contributed by atoms with Gasteiger partial charge in [-0.1, -0.05) is 6.07 Å². The molecule has 2 nitrogen and oxygen atoms in total. The molecule has 2 atom stereocenters. The lowest BCUT2D eigenvalue weighted by atomic mass is 9.66. The molecule has 2 unspecified atom stereocenters. The van der Waals surface area contributed by atoms with Crippen molar-refractivity contribution >= 4 is 0 Å². The van der Waals surface area contributed by atoms with Crippen molar-refractivity contribution in [3.05, 3.63) is 41.2 Å². The minimum absolute atomic E-state index is 0.00327.